The van der Waals surface area contributed by atoms with E-state index in [1.165, 1.54) is 0 Å². The van der Waals surface area contributed by atoms with E-state index < -0.39 is 29.6 Å². The Morgan fingerprint density at radius 1 is 1.38 bits per heavy atom. The Labute approximate surface area is 72.8 Å². The quantitative estimate of drug-likeness (QED) is 0.683. The van der Waals surface area contributed by atoms with Crippen molar-refractivity contribution >= 4 is 11.7 Å². The minimum absolute atomic E-state index is 0.0656. The van der Waals surface area contributed by atoms with Crippen molar-refractivity contribution in [3.8, 4) is 0 Å². The number of aliphatic carboxylic acids is 1. The van der Waals surface area contributed by atoms with Gasteiger partial charge in [0.1, 0.15) is 11.6 Å². The molecule has 0 fully saturated rings. The first-order chi connectivity index (χ1) is 6.00. The van der Waals surface area contributed by atoms with Gasteiger partial charge in [-0.3, -0.25) is 4.79 Å². The van der Waals surface area contributed by atoms with Gasteiger partial charge in [-0.1, -0.05) is 0 Å². The van der Waals surface area contributed by atoms with Crippen molar-refractivity contribution in [2.45, 2.75) is 6.42 Å². The van der Waals surface area contributed by atoms with E-state index in [2.05, 4.69) is 0 Å². The number of nitrogen functional groups attached to an aromatic ring is 1. The summed E-state index contributed by atoms with van der Waals surface area (Å²) >= 11 is 0. The van der Waals surface area contributed by atoms with Gasteiger partial charge in [0.25, 0.3) is 0 Å². The molecule has 0 atom stereocenters. The van der Waals surface area contributed by atoms with Crippen LogP contribution in [0.25, 0.3) is 0 Å². The molecule has 3 nitrogen and oxygen atoms in total. The summed E-state index contributed by atoms with van der Waals surface area (Å²) in [6, 6.07) is 1.78. The van der Waals surface area contributed by atoms with Crippen LogP contribution >= 0.6 is 0 Å². The van der Waals surface area contributed by atoms with Crippen molar-refractivity contribution in [3.63, 3.8) is 0 Å². The number of hydrogen-bond donors (Lipinski definition) is 2. The van der Waals surface area contributed by atoms with Crippen LogP contribution in [0.4, 0.5) is 14.5 Å². The standard InChI is InChI=1S/C8H7F2NO2/c9-6-1-4(11)2-7(10)5(6)3-8(12)13/h1-2H,3,11H2,(H,12,13). The Hall–Kier alpha value is -1.65. The maximum absolute atomic E-state index is 12.9. The molecule has 1 aromatic rings. The van der Waals surface area contributed by atoms with E-state index in [1.54, 1.807) is 0 Å². The Morgan fingerprint density at radius 2 is 1.85 bits per heavy atom. The minimum Gasteiger partial charge on any atom is -0.481 e. The van der Waals surface area contributed by atoms with Crippen LogP contribution in [0.3, 0.4) is 0 Å². The molecule has 0 aliphatic rings. The van der Waals surface area contributed by atoms with E-state index in [0.29, 0.717) is 0 Å². The third-order valence-electron chi connectivity index (χ3n) is 1.49. The number of benzene rings is 1. The molecule has 0 amide bonds. The topological polar surface area (TPSA) is 63.3 Å². The highest BCUT2D eigenvalue weighted by molar-refractivity contribution is 5.70. The van der Waals surface area contributed by atoms with Crippen molar-refractivity contribution in [2.24, 2.45) is 0 Å². The van der Waals surface area contributed by atoms with Crippen LogP contribution in [0.2, 0.25) is 0 Å². The van der Waals surface area contributed by atoms with Crippen LogP contribution in [0.15, 0.2) is 12.1 Å². The van der Waals surface area contributed by atoms with E-state index in [0.717, 1.165) is 12.1 Å². The average Bonchev–Trinajstić information content (AvgIpc) is 1.96. The molecule has 0 aliphatic heterocycles. The first-order valence-electron chi connectivity index (χ1n) is 3.46. The second-order valence-corrected chi connectivity index (χ2v) is 2.53. The highest BCUT2D eigenvalue weighted by atomic mass is 19.1. The molecule has 1 rings (SSSR count). The summed E-state index contributed by atoms with van der Waals surface area (Å²) in [5.41, 5.74) is 4.60. The van der Waals surface area contributed by atoms with Crippen molar-refractivity contribution in [3.05, 3.63) is 29.3 Å². The summed E-state index contributed by atoms with van der Waals surface area (Å²) in [5, 5.41) is 8.32. The Balaban J connectivity index is 3.13. The number of carbonyl (C=O) groups is 1. The molecule has 0 saturated heterocycles. The first-order valence-corrected chi connectivity index (χ1v) is 3.46. The van der Waals surface area contributed by atoms with Gasteiger partial charge < -0.3 is 10.8 Å². The van der Waals surface area contributed by atoms with Gasteiger partial charge in [-0.25, -0.2) is 8.78 Å². The van der Waals surface area contributed by atoms with Crippen LogP contribution in [0, 0.1) is 11.6 Å². The smallest absolute Gasteiger partial charge is 0.308 e. The highest BCUT2D eigenvalue weighted by Crippen LogP contribution is 2.17. The Morgan fingerprint density at radius 3 is 2.23 bits per heavy atom. The number of anilines is 1. The Bertz CT molecular complexity index is 329. The van der Waals surface area contributed by atoms with Crippen molar-refractivity contribution in [2.75, 3.05) is 5.73 Å². The SMILES string of the molecule is Nc1cc(F)c(CC(=O)O)c(F)c1. The number of halogens is 2. The molecule has 0 saturated carbocycles. The van der Waals surface area contributed by atoms with E-state index in [4.69, 9.17) is 10.8 Å². The van der Waals surface area contributed by atoms with E-state index in [9.17, 15) is 13.6 Å². The van der Waals surface area contributed by atoms with Gasteiger partial charge in [-0.2, -0.15) is 0 Å². The summed E-state index contributed by atoms with van der Waals surface area (Å²) in [5.74, 6) is -3.15. The number of hydrogen-bond acceptors (Lipinski definition) is 2. The first kappa shape index (κ1) is 9.44. The van der Waals surface area contributed by atoms with Gasteiger partial charge in [0.15, 0.2) is 0 Å². The summed E-state index contributed by atoms with van der Waals surface area (Å²) in [4.78, 5) is 10.2. The fourth-order valence-electron chi connectivity index (χ4n) is 0.943. The average molecular weight is 187 g/mol. The minimum atomic E-state index is -1.29. The van der Waals surface area contributed by atoms with Gasteiger partial charge in [-0.05, 0) is 12.1 Å². The predicted octanol–water partition coefficient (Wildman–Crippen LogP) is 1.17. The lowest BCUT2D eigenvalue weighted by Crippen LogP contribution is -2.06. The molecule has 0 unspecified atom stereocenters. The lowest BCUT2D eigenvalue weighted by atomic mass is 10.1. The molecule has 1 aromatic carbocycles. The van der Waals surface area contributed by atoms with Crippen molar-refractivity contribution in [1.29, 1.82) is 0 Å². The molecule has 0 radical (unpaired) electrons. The molecule has 13 heavy (non-hydrogen) atoms. The van der Waals surface area contributed by atoms with Crippen LogP contribution in [0.1, 0.15) is 5.56 Å². The molecule has 0 aliphatic carbocycles. The summed E-state index contributed by atoms with van der Waals surface area (Å²) in [6.07, 6.45) is -0.683. The summed E-state index contributed by atoms with van der Waals surface area (Å²) < 4.78 is 25.8. The van der Waals surface area contributed by atoms with Gasteiger partial charge in [-0.15, -0.1) is 0 Å². The zero-order valence-corrected chi connectivity index (χ0v) is 6.55. The second-order valence-electron chi connectivity index (χ2n) is 2.53. The number of rotatable bonds is 2. The van der Waals surface area contributed by atoms with E-state index in [-0.39, 0.29) is 5.69 Å². The van der Waals surface area contributed by atoms with Crippen molar-refractivity contribution in [1.82, 2.24) is 0 Å². The fraction of sp³-hybridized carbons (Fsp3) is 0.125. The maximum atomic E-state index is 12.9. The molecule has 0 bridgehead atoms. The zero-order valence-electron chi connectivity index (χ0n) is 6.55. The van der Waals surface area contributed by atoms with Crippen LogP contribution in [-0.2, 0) is 11.2 Å². The number of carboxylic acids is 1. The normalized spacial score (nSPS) is 10.0. The third-order valence-corrected chi connectivity index (χ3v) is 1.49. The Kier molecular flexibility index (Phi) is 2.46. The summed E-state index contributed by atoms with van der Waals surface area (Å²) in [6.45, 7) is 0. The van der Waals surface area contributed by atoms with Gasteiger partial charge in [0, 0.05) is 11.3 Å². The molecule has 5 heteroatoms. The monoisotopic (exact) mass is 187 g/mol. The third kappa shape index (κ3) is 2.14. The van der Waals surface area contributed by atoms with Crippen LogP contribution in [-0.4, -0.2) is 11.1 Å². The molecular weight excluding hydrogens is 180 g/mol. The predicted molar refractivity (Wildman–Crippen MR) is 42.1 cm³/mol. The summed E-state index contributed by atoms with van der Waals surface area (Å²) in [7, 11) is 0. The highest BCUT2D eigenvalue weighted by Gasteiger charge is 2.13. The van der Waals surface area contributed by atoms with Crippen molar-refractivity contribution < 1.29 is 18.7 Å². The number of carboxylic acid groups (broad SMARTS) is 1. The number of nitrogens with two attached hydrogens (primary N) is 1. The molecule has 3 N–H and O–H groups in total. The molecule has 0 spiro atoms. The van der Waals surface area contributed by atoms with Crippen LogP contribution in [0.5, 0.6) is 0 Å². The van der Waals surface area contributed by atoms with E-state index >= 15 is 0 Å². The largest absolute Gasteiger partial charge is 0.481 e. The lowest BCUT2D eigenvalue weighted by Gasteiger charge is -2.02. The second kappa shape index (κ2) is 3.38. The zero-order chi connectivity index (χ0) is 10.0. The fourth-order valence-corrected chi connectivity index (χ4v) is 0.943. The molecule has 0 heterocycles. The maximum Gasteiger partial charge on any atom is 0.308 e. The van der Waals surface area contributed by atoms with Gasteiger partial charge in [0.05, 0.1) is 6.42 Å². The van der Waals surface area contributed by atoms with Gasteiger partial charge in [0.2, 0.25) is 0 Å². The van der Waals surface area contributed by atoms with Crippen LogP contribution < -0.4 is 5.73 Å². The molecular formula is C8H7F2NO2. The van der Waals surface area contributed by atoms with Gasteiger partial charge >= 0.3 is 5.97 Å². The molecule has 70 valence electrons. The molecule has 0 aromatic heterocycles. The lowest BCUT2D eigenvalue weighted by molar-refractivity contribution is -0.136. The van der Waals surface area contributed by atoms with E-state index in [1.807, 2.05) is 0 Å².